The van der Waals surface area contributed by atoms with Gasteiger partial charge in [-0.05, 0) is 36.4 Å². The lowest BCUT2D eigenvalue weighted by Crippen LogP contribution is -1.94. The van der Waals surface area contributed by atoms with Gasteiger partial charge in [0, 0.05) is 13.0 Å². The normalized spacial score (nSPS) is 9.76. The molecule has 5 heteroatoms. The monoisotopic (exact) mass is 351 g/mol. The number of hydrogen-bond donors (Lipinski definition) is 0. The Morgan fingerprint density at radius 1 is 1.00 bits per heavy atom. The molecule has 0 spiro atoms. The van der Waals surface area contributed by atoms with Gasteiger partial charge in [0.1, 0.15) is 17.3 Å². The average molecular weight is 351 g/mol. The van der Waals surface area contributed by atoms with E-state index in [1.54, 1.807) is 31.4 Å². The molecule has 0 amide bonds. The van der Waals surface area contributed by atoms with Gasteiger partial charge in [-0.1, -0.05) is 48.1 Å². The summed E-state index contributed by atoms with van der Waals surface area (Å²) in [7, 11) is 1.58. The molecule has 0 fully saturated rings. The van der Waals surface area contributed by atoms with Gasteiger partial charge >= 0.3 is 0 Å². The van der Waals surface area contributed by atoms with Gasteiger partial charge in [0.25, 0.3) is 0 Å². The van der Waals surface area contributed by atoms with Crippen LogP contribution in [-0.4, -0.2) is 12.0 Å². The summed E-state index contributed by atoms with van der Waals surface area (Å²) < 4.78 is 10.5. The van der Waals surface area contributed by atoms with Crippen molar-refractivity contribution in [1.82, 2.24) is 0 Å². The molecule has 1 aromatic rings. The number of ether oxygens (including phenoxy) is 2. The Hall–Kier alpha value is -2.56. The van der Waals surface area contributed by atoms with E-state index in [-0.39, 0.29) is 5.70 Å². The van der Waals surface area contributed by atoms with Crippen LogP contribution in [0, 0.1) is 10.1 Å². The molecule has 0 saturated heterocycles. The highest BCUT2D eigenvalue weighted by atomic mass is 16.6. The number of benzene rings is 1. The van der Waals surface area contributed by atoms with Crippen LogP contribution in [0.25, 0.3) is 0 Å². The molecule has 0 saturated carbocycles. The van der Waals surface area contributed by atoms with E-state index in [1.807, 2.05) is 41.5 Å². The van der Waals surface area contributed by atoms with Crippen LogP contribution in [0.5, 0.6) is 11.5 Å². The summed E-state index contributed by atoms with van der Waals surface area (Å²) in [6.07, 6.45) is 4.34. The summed E-state index contributed by atoms with van der Waals surface area (Å²) in [4.78, 5) is 9.99. The molecule has 25 heavy (non-hydrogen) atoms. The number of methoxy groups -OCH3 is 1. The SMILES string of the molecule is C=C/C(=C\C=C(/C)[N+](=O)[O-])Oc1ccc(OC)cc1.CC.CC.CC. The maximum atomic E-state index is 10.5. The summed E-state index contributed by atoms with van der Waals surface area (Å²) in [5, 5.41) is 10.5. The molecule has 0 N–H and O–H groups in total. The Balaban J connectivity index is -0.000000725. The molecule has 0 atom stereocenters. The largest absolute Gasteiger partial charge is 0.497 e. The van der Waals surface area contributed by atoms with E-state index in [4.69, 9.17) is 9.47 Å². The molecule has 142 valence electrons. The maximum Gasteiger partial charge on any atom is 0.243 e. The summed E-state index contributed by atoms with van der Waals surface area (Å²) in [5.74, 6) is 1.74. The van der Waals surface area contributed by atoms with Crippen molar-refractivity contribution in [1.29, 1.82) is 0 Å². The van der Waals surface area contributed by atoms with Crippen molar-refractivity contribution in [2.75, 3.05) is 7.11 Å². The van der Waals surface area contributed by atoms with Gasteiger partial charge in [-0.3, -0.25) is 10.1 Å². The Labute approximate surface area is 152 Å². The molecular weight excluding hydrogens is 318 g/mol. The molecule has 0 aliphatic heterocycles. The first-order valence-corrected chi connectivity index (χ1v) is 8.54. The summed E-state index contributed by atoms with van der Waals surface area (Å²) in [6, 6.07) is 6.99. The van der Waals surface area contributed by atoms with Crippen molar-refractivity contribution in [2.45, 2.75) is 48.5 Å². The molecule has 0 aliphatic carbocycles. The van der Waals surface area contributed by atoms with Crippen LogP contribution in [0.4, 0.5) is 0 Å². The van der Waals surface area contributed by atoms with Gasteiger partial charge in [0.05, 0.1) is 12.0 Å². The van der Waals surface area contributed by atoms with Gasteiger partial charge < -0.3 is 9.47 Å². The van der Waals surface area contributed by atoms with E-state index in [0.717, 1.165) is 5.75 Å². The quantitative estimate of drug-likeness (QED) is 0.257. The lowest BCUT2D eigenvalue weighted by Gasteiger charge is -2.06. The fourth-order valence-corrected chi connectivity index (χ4v) is 1.19. The van der Waals surface area contributed by atoms with Crippen LogP contribution in [0.15, 0.2) is 60.5 Å². The third kappa shape index (κ3) is 13.6. The Bertz CT molecular complexity index is 517. The molecule has 0 radical (unpaired) electrons. The van der Waals surface area contributed by atoms with Gasteiger partial charge in [0.2, 0.25) is 5.70 Å². The summed E-state index contributed by atoms with van der Waals surface area (Å²) in [6.45, 7) is 17.0. The third-order valence-electron chi connectivity index (χ3n) is 2.27. The second-order valence-electron chi connectivity index (χ2n) is 3.62. The van der Waals surface area contributed by atoms with Crippen LogP contribution >= 0.6 is 0 Å². The lowest BCUT2D eigenvalue weighted by atomic mass is 10.3. The molecule has 0 unspecified atom stereocenters. The minimum Gasteiger partial charge on any atom is -0.497 e. The predicted molar refractivity (Wildman–Crippen MR) is 107 cm³/mol. The summed E-state index contributed by atoms with van der Waals surface area (Å²) >= 11 is 0. The highest BCUT2D eigenvalue weighted by Crippen LogP contribution is 2.19. The lowest BCUT2D eigenvalue weighted by molar-refractivity contribution is -0.424. The van der Waals surface area contributed by atoms with E-state index in [0.29, 0.717) is 11.5 Å². The molecule has 1 rings (SSSR count). The van der Waals surface area contributed by atoms with E-state index in [9.17, 15) is 10.1 Å². The zero-order valence-electron chi connectivity index (χ0n) is 16.8. The summed E-state index contributed by atoms with van der Waals surface area (Å²) in [5.41, 5.74) is 0.0256. The highest BCUT2D eigenvalue weighted by molar-refractivity contribution is 5.33. The molecular formula is C20H33NO4. The Morgan fingerprint density at radius 2 is 1.44 bits per heavy atom. The van der Waals surface area contributed by atoms with E-state index in [1.165, 1.54) is 25.2 Å². The zero-order chi connectivity index (χ0) is 20.3. The van der Waals surface area contributed by atoms with Crippen LogP contribution in [0.2, 0.25) is 0 Å². The second-order valence-corrected chi connectivity index (χ2v) is 3.62. The Morgan fingerprint density at radius 3 is 1.80 bits per heavy atom. The smallest absolute Gasteiger partial charge is 0.243 e. The molecule has 0 bridgehead atoms. The van der Waals surface area contributed by atoms with Gasteiger partial charge in [-0.15, -0.1) is 0 Å². The fraction of sp³-hybridized carbons (Fsp3) is 0.400. The maximum absolute atomic E-state index is 10.5. The van der Waals surface area contributed by atoms with Crippen LogP contribution in [0.1, 0.15) is 48.5 Å². The van der Waals surface area contributed by atoms with Crippen molar-refractivity contribution in [2.24, 2.45) is 0 Å². The van der Waals surface area contributed by atoms with Crippen LogP contribution in [-0.2, 0) is 0 Å². The number of rotatable bonds is 6. The van der Waals surface area contributed by atoms with Crippen molar-refractivity contribution < 1.29 is 14.4 Å². The van der Waals surface area contributed by atoms with Crippen LogP contribution in [0.3, 0.4) is 0 Å². The van der Waals surface area contributed by atoms with Crippen molar-refractivity contribution in [3.63, 3.8) is 0 Å². The first-order chi connectivity index (χ1) is 12.1. The third-order valence-corrected chi connectivity index (χ3v) is 2.27. The standard InChI is InChI=1S/C14H15NO4.3C2H6/c1-4-12(6-5-11(2)15(16)17)19-14-9-7-13(18-3)8-10-14;3*1-2/h4-10H,1H2,2-3H3;3*1-2H3/b11-5+,12-6+;;;. The van der Waals surface area contributed by atoms with E-state index in [2.05, 4.69) is 6.58 Å². The van der Waals surface area contributed by atoms with Gasteiger partial charge in [0.15, 0.2) is 0 Å². The number of hydrogen-bond acceptors (Lipinski definition) is 4. The molecule has 1 aromatic carbocycles. The Kier molecular flexibility index (Phi) is 21.3. The minimum absolute atomic E-state index is 0.0256. The van der Waals surface area contributed by atoms with Gasteiger partial charge in [-0.25, -0.2) is 0 Å². The highest BCUT2D eigenvalue weighted by Gasteiger charge is 2.01. The zero-order valence-corrected chi connectivity index (χ0v) is 16.8. The number of nitro groups is 1. The topological polar surface area (TPSA) is 61.6 Å². The van der Waals surface area contributed by atoms with Crippen molar-refractivity contribution in [3.8, 4) is 11.5 Å². The van der Waals surface area contributed by atoms with Crippen LogP contribution < -0.4 is 9.47 Å². The molecule has 5 nitrogen and oxygen atoms in total. The van der Waals surface area contributed by atoms with Crippen molar-refractivity contribution in [3.05, 3.63) is 70.6 Å². The van der Waals surface area contributed by atoms with E-state index < -0.39 is 4.92 Å². The van der Waals surface area contributed by atoms with E-state index >= 15 is 0 Å². The second kappa shape index (κ2) is 19.5. The number of allylic oxidation sites excluding steroid dienone is 4. The molecule has 0 aromatic heterocycles. The number of nitrogens with zero attached hydrogens (tertiary/aromatic N) is 1. The average Bonchev–Trinajstić information content (AvgIpc) is 2.69. The molecule has 0 heterocycles. The predicted octanol–water partition coefficient (Wildman–Crippen LogP) is 6.40. The fourth-order valence-electron chi connectivity index (χ4n) is 1.19. The van der Waals surface area contributed by atoms with Crippen molar-refractivity contribution >= 4 is 0 Å². The first-order valence-electron chi connectivity index (χ1n) is 8.54. The van der Waals surface area contributed by atoms with Gasteiger partial charge in [-0.2, -0.15) is 0 Å². The minimum atomic E-state index is -0.468. The first kappa shape index (κ1) is 27.3. The molecule has 0 aliphatic rings.